The molecule has 4 heterocycles. The van der Waals surface area contributed by atoms with Crippen LogP contribution in [0.2, 0.25) is 0 Å². The van der Waals surface area contributed by atoms with Gasteiger partial charge in [0, 0.05) is 54.5 Å². The van der Waals surface area contributed by atoms with Crippen LogP contribution in [0.15, 0.2) is 205 Å². The number of fused-ring (bicyclic) bond motifs is 12. The maximum absolute atomic E-state index is 6.65. The van der Waals surface area contributed by atoms with Gasteiger partial charge < -0.3 is 18.1 Å². The summed E-state index contributed by atoms with van der Waals surface area (Å²) in [5.74, 6) is 0. The van der Waals surface area contributed by atoms with Gasteiger partial charge in [0.05, 0.1) is 38.8 Å². The summed E-state index contributed by atoms with van der Waals surface area (Å²) in [5.41, 5.74) is 14.4. The first-order chi connectivity index (χ1) is 28.8. The Bertz CT molecular complexity index is 3580. The summed E-state index contributed by atoms with van der Waals surface area (Å²) in [6.07, 6.45) is 0. The van der Waals surface area contributed by atoms with Crippen molar-refractivity contribution in [3.8, 4) is 28.2 Å². The van der Waals surface area contributed by atoms with Crippen LogP contribution < -0.4 is 0 Å². The minimum Gasteiger partial charge on any atom is -0.454 e. The van der Waals surface area contributed by atoms with Crippen molar-refractivity contribution in [1.82, 2.24) is 13.7 Å². The Morgan fingerprint density at radius 1 is 0.310 bits per heavy atom. The summed E-state index contributed by atoms with van der Waals surface area (Å²) in [7, 11) is 0. The minimum absolute atomic E-state index is 0.888. The first-order valence-corrected chi connectivity index (χ1v) is 19.9. The van der Waals surface area contributed by atoms with Crippen molar-refractivity contribution in [1.29, 1.82) is 0 Å². The molecular formula is C54H33N3O. The lowest BCUT2D eigenvalue weighted by Crippen LogP contribution is -2.00. The molecule has 0 N–H and O–H groups in total. The van der Waals surface area contributed by atoms with E-state index in [4.69, 9.17) is 4.42 Å². The van der Waals surface area contributed by atoms with Crippen LogP contribution in [-0.2, 0) is 0 Å². The first-order valence-electron chi connectivity index (χ1n) is 19.9. The van der Waals surface area contributed by atoms with E-state index in [0.717, 1.165) is 55.6 Å². The van der Waals surface area contributed by atoms with Gasteiger partial charge in [-0.3, -0.25) is 0 Å². The molecule has 0 aliphatic heterocycles. The van der Waals surface area contributed by atoms with Crippen molar-refractivity contribution in [2.24, 2.45) is 0 Å². The second-order valence-corrected chi connectivity index (χ2v) is 15.3. The standard InChI is InChI=1S/C54H33N3O/c1-7-23-45-38(15-1)39-16-2-8-24-46(39)55(45)35-31-34(32-36(33-35)56-47-25-9-3-17-40(47)41-18-4-10-26-48(41)56)37-21-13-28-50-53(37)44-20-5-11-27-49(44)57(50)51-29-14-22-43-42-19-6-12-30-52(42)58-54(43)51/h1-33H. The number of nitrogens with zero attached hydrogens (tertiary/aromatic N) is 3. The molecule has 0 unspecified atom stereocenters. The van der Waals surface area contributed by atoms with E-state index < -0.39 is 0 Å². The maximum atomic E-state index is 6.65. The van der Waals surface area contributed by atoms with Crippen LogP contribution in [-0.4, -0.2) is 13.7 Å². The monoisotopic (exact) mass is 739 g/mol. The van der Waals surface area contributed by atoms with Crippen LogP contribution in [0.3, 0.4) is 0 Å². The smallest absolute Gasteiger partial charge is 0.159 e. The Balaban J connectivity index is 1.15. The van der Waals surface area contributed by atoms with Crippen molar-refractivity contribution in [2.45, 2.75) is 0 Å². The molecule has 0 atom stereocenters. The maximum Gasteiger partial charge on any atom is 0.159 e. The molecule has 0 saturated carbocycles. The molecule has 4 heteroatoms. The quantitative estimate of drug-likeness (QED) is 0.177. The van der Waals surface area contributed by atoms with E-state index in [-0.39, 0.29) is 0 Å². The van der Waals surface area contributed by atoms with Crippen LogP contribution in [0.4, 0.5) is 0 Å². The molecule has 58 heavy (non-hydrogen) atoms. The average Bonchev–Trinajstić information content (AvgIpc) is 4.03. The predicted molar refractivity (Wildman–Crippen MR) is 242 cm³/mol. The Labute approximate surface area is 332 Å². The number of aromatic nitrogens is 3. The zero-order valence-electron chi connectivity index (χ0n) is 31.3. The van der Waals surface area contributed by atoms with Crippen LogP contribution in [0.1, 0.15) is 0 Å². The topological polar surface area (TPSA) is 27.9 Å². The molecule has 13 aromatic rings. The van der Waals surface area contributed by atoms with Gasteiger partial charge in [0.15, 0.2) is 5.58 Å². The molecule has 270 valence electrons. The third-order valence-electron chi connectivity index (χ3n) is 12.2. The zero-order chi connectivity index (χ0) is 37.9. The fourth-order valence-corrected chi connectivity index (χ4v) is 9.84. The Morgan fingerprint density at radius 3 is 1.31 bits per heavy atom. The largest absolute Gasteiger partial charge is 0.454 e. The van der Waals surface area contributed by atoms with E-state index in [2.05, 4.69) is 208 Å². The Kier molecular flexibility index (Phi) is 6.41. The lowest BCUT2D eigenvalue weighted by Gasteiger charge is -2.16. The van der Waals surface area contributed by atoms with Crippen molar-refractivity contribution >= 4 is 87.4 Å². The van der Waals surface area contributed by atoms with Gasteiger partial charge in [0.25, 0.3) is 0 Å². The SMILES string of the molecule is c1ccc2c(c1)oc1c(-n3c4ccccc4c4c(-c5cc(-n6c7ccccc7c7ccccc76)cc(-n6c7ccccc7c7ccccc76)c5)cccc43)cccc12. The fourth-order valence-electron chi connectivity index (χ4n) is 9.84. The summed E-state index contributed by atoms with van der Waals surface area (Å²) in [4.78, 5) is 0. The van der Waals surface area contributed by atoms with Gasteiger partial charge in [0.1, 0.15) is 5.58 Å². The third kappa shape index (κ3) is 4.29. The minimum atomic E-state index is 0.888. The first kappa shape index (κ1) is 31.4. The summed E-state index contributed by atoms with van der Waals surface area (Å²) >= 11 is 0. The average molecular weight is 740 g/mol. The van der Waals surface area contributed by atoms with E-state index >= 15 is 0 Å². The second-order valence-electron chi connectivity index (χ2n) is 15.3. The van der Waals surface area contributed by atoms with Crippen molar-refractivity contribution in [3.63, 3.8) is 0 Å². The molecule has 0 aliphatic carbocycles. The van der Waals surface area contributed by atoms with Crippen LogP contribution in [0.25, 0.3) is 116 Å². The Morgan fingerprint density at radius 2 is 0.741 bits per heavy atom. The van der Waals surface area contributed by atoms with Gasteiger partial charge in [0.2, 0.25) is 0 Å². The highest BCUT2D eigenvalue weighted by molar-refractivity contribution is 6.18. The normalized spacial score (nSPS) is 12.1. The number of benzene rings is 9. The van der Waals surface area contributed by atoms with E-state index in [0.29, 0.717) is 0 Å². The van der Waals surface area contributed by atoms with Crippen LogP contribution >= 0.6 is 0 Å². The number of furan rings is 1. The number of rotatable bonds is 4. The van der Waals surface area contributed by atoms with Crippen molar-refractivity contribution < 1.29 is 4.42 Å². The highest BCUT2D eigenvalue weighted by Crippen LogP contribution is 2.43. The van der Waals surface area contributed by atoms with Crippen molar-refractivity contribution in [2.75, 3.05) is 0 Å². The van der Waals surface area contributed by atoms with Gasteiger partial charge in [-0.25, -0.2) is 0 Å². The summed E-state index contributed by atoms with van der Waals surface area (Å²) in [6.45, 7) is 0. The number of para-hydroxylation sites is 7. The zero-order valence-corrected chi connectivity index (χ0v) is 31.3. The molecular weight excluding hydrogens is 707 g/mol. The molecule has 4 aromatic heterocycles. The molecule has 0 spiro atoms. The van der Waals surface area contributed by atoms with Gasteiger partial charge in [-0.15, -0.1) is 0 Å². The summed E-state index contributed by atoms with van der Waals surface area (Å²) < 4.78 is 13.9. The highest BCUT2D eigenvalue weighted by atomic mass is 16.3. The number of hydrogen-bond donors (Lipinski definition) is 0. The van der Waals surface area contributed by atoms with E-state index in [1.807, 2.05) is 6.07 Å². The van der Waals surface area contributed by atoms with Crippen molar-refractivity contribution in [3.05, 3.63) is 200 Å². The van der Waals surface area contributed by atoms with Gasteiger partial charge in [-0.1, -0.05) is 133 Å². The molecule has 13 rings (SSSR count). The molecule has 0 saturated heterocycles. The van der Waals surface area contributed by atoms with E-state index in [9.17, 15) is 0 Å². The number of hydrogen-bond acceptors (Lipinski definition) is 1. The molecule has 0 amide bonds. The van der Waals surface area contributed by atoms with Gasteiger partial charge in [-0.05, 0) is 77.9 Å². The third-order valence-corrected chi connectivity index (χ3v) is 12.2. The lowest BCUT2D eigenvalue weighted by atomic mass is 9.98. The van der Waals surface area contributed by atoms with Gasteiger partial charge in [-0.2, -0.15) is 0 Å². The lowest BCUT2D eigenvalue weighted by molar-refractivity contribution is 0.666. The second kappa shape index (κ2) is 11.8. The van der Waals surface area contributed by atoms with E-state index in [1.54, 1.807) is 0 Å². The fraction of sp³-hybridized carbons (Fsp3) is 0. The molecule has 0 bridgehead atoms. The highest BCUT2D eigenvalue weighted by Gasteiger charge is 2.22. The van der Waals surface area contributed by atoms with Crippen LogP contribution in [0.5, 0.6) is 0 Å². The summed E-state index contributed by atoms with van der Waals surface area (Å²) in [5, 5.41) is 9.61. The van der Waals surface area contributed by atoms with E-state index in [1.165, 1.54) is 59.9 Å². The van der Waals surface area contributed by atoms with Gasteiger partial charge >= 0.3 is 0 Å². The molecule has 0 fully saturated rings. The van der Waals surface area contributed by atoms with Crippen LogP contribution in [0, 0.1) is 0 Å². The Hall–Kier alpha value is -7.82. The molecule has 4 nitrogen and oxygen atoms in total. The molecule has 0 radical (unpaired) electrons. The predicted octanol–water partition coefficient (Wildman–Crippen LogP) is 14.5. The molecule has 0 aliphatic rings. The molecule has 9 aromatic carbocycles. The summed E-state index contributed by atoms with van der Waals surface area (Å²) in [6, 6.07) is 72.6.